The summed E-state index contributed by atoms with van der Waals surface area (Å²) in [7, 11) is 0. The number of nitrogens with zero attached hydrogens (tertiary/aromatic N) is 1. The van der Waals surface area contributed by atoms with E-state index >= 15 is 0 Å². The summed E-state index contributed by atoms with van der Waals surface area (Å²) in [5.41, 5.74) is 3.78. The predicted octanol–water partition coefficient (Wildman–Crippen LogP) is 3.08. The molecule has 0 aliphatic carbocycles. The normalized spacial score (nSPS) is 11.4. The number of aryl methyl sites for hydroxylation is 1. The van der Waals surface area contributed by atoms with Crippen molar-refractivity contribution in [3.8, 4) is 0 Å². The number of nitrogens with one attached hydrogen (secondary N) is 2. The van der Waals surface area contributed by atoms with Crippen LogP contribution in [0.3, 0.4) is 0 Å². The Balaban J connectivity index is 2.34. The number of unbranched alkanes of at least 4 members (excludes halogenated alkanes) is 1. The molecular weight excluding hydrogens is 238 g/mol. The van der Waals surface area contributed by atoms with Crippen molar-refractivity contribution >= 4 is 11.6 Å². The maximum atomic E-state index is 6.03. The van der Waals surface area contributed by atoms with Gasteiger partial charge in [0.2, 0.25) is 0 Å². The fourth-order valence-corrected chi connectivity index (χ4v) is 1.58. The van der Waals surface area contributed by atoms with Crippen LogP contribution in [0.4, 0.5) is 0 Å². The Hall–Kier alpha value is -0.580. The lowest BCUT2D eigenvalue weighted by atomic mass is 10.2. The molecule has 98 valence electrons. The molecule has 0 spiro atoms. The first kappa shape index (κ1) is 14.5. The summed E-state index contributed by atoms with van der Waals surface area (Å²) in [6.45, 7) is 7.62. The number of aromatic amines is 1. The molecule has 1 heterocycles. The summed E-state index contributed by atoms with van der Waals surface area (Å²) in [5, 5.41) is 0.539. The number of hydrogen-bond acceptors (Lipinski definition) is 3. The smallest absolute Gasteiger partial charge is 0.151 e. The Labute approximate surface area is 108 Å². The lowest BCUT2D eigenvalue weighted by Gasteiger charge is -2.06. The Bertz CT molecular complexity index is 326. The lowest BCUT2D eigenvalue weighted by molar-refractivity contribution is 0.0191. The number of imidazole rings is 1. The van der Waals surface area contributed by atoms with E-state index in [4.69, 9.17) is 16.4 Å². The number of hydroxylamine groups is 1. The van der Waals surface area contributed by atoms with Crippen LogP contribution >= 0.6 is 11.6 Å². The zero-order valence-electron chi connectivity index (χ0n) is 10.8. The van der Waals surface area contributed by atoms with E-state index in [1.165, 1.54) is 0 Å². The van der Waals surface area contributed by atoms with Gasteiger partial charge in [-0.15, -0.1) is 0 Å². The van der Waals surface area contributed by atoms with Crippen molar-refractivity contribution in [2.75, 3.05) is 6.61 Å². The average molecular weight is 260 g/mol. The van der Waals surface area contributed by atoms with Crippen LogP contribution in [0.5, 0.6) is 0 Å². The Morgan fingerprint density at radius 1 is 1.47 bits per heavy atom. The highest BCUT2D eigenvalue weighted by molar-refractivity contribution is 6.30. The van der Waals surface area contributed by atoms with E-state index in [1.54, 1.807) is 0 Å². The van der Waals surface area contributed by atoms with Crippen molar-refractivity contribution in [1.82, 2.24) is 15.4 Å². The van der Waals surface area contributed by atoms with Crippen LogP contribution < -0.4 is 5.48 Å². The van der Waals surface area contributed by atoms with E-state index in [9.17, 15) is 0 Å². The number of aromatic nitrogens is 2. The molecule has 1 aromatic heterocycles. The fourth-order valence-electron chi connectivity index (χ4n) is 1.37. The van der Waals surface area contributed by atoms with Crippen molar-refractivity contribution < 1.29 is 4.84 Å². The summed E-state index contributed by atoms with van der Waals surface area (Å²) in [6.07, 6.45) is 3.23. The molecule has 2 N–H and O–H groups in total. The molecule has 0 saturated carbocycles. The van der Waals surface area contributed by atoms with Crippen molar-refractivity contribution in [2.45, 2.75) is 46.6 Å². The van der Waals surface area contributed by atoms with E-state index in [0.717, 1.165) is 30.8 Å². The van der Waals surface area contributed by atoms with Gasteiger partial charge in [0.15, 0.2) is 5.15 Å². The van der Waals surface area contributed by atoms with E-state index in [0.29, 0.717) is 24.2 Å². The summed E-state index contributed by atoms with van der Waals surface area (Å²) in [4.78, 5) is 12.8. The van der Waals surface area contributed by atoms with Gasteiger partial charge in [0.1, 0.15) is 5.82 Å². The Morgan fingerprint density at radius 3 is 2.88 bits per heavy atom. The van der Waals surface area contributed by atoms with E-state index in [2.05, 4.69) is 36.2 Å². The number of hydrogen-bond donors (Lipinski definition) is 2. The summed E-state index contributed by atoms with van der Waals surface area (Å²) >= 11 is 6.03. The van der Waals surface area contributed by atoms with Gasteiger partial charge in [-0.3, -0.25) is 0 Å². The molecule has 17 heavy (non-hydrogen) atoms. The standard InChI is InChI=1S/C12H22ClN3O/c1-4-5-6-11-15-10(12(13)16-11)7-14-17-8-9(2)3/h9,14H,4-8H2,1-3H3,(H,15,16). The molecule has 0 radical (unpaired) electrons. The van der Waals surface area contributed by atoms with Crippen LogP contribution in [-0.2, 0) is 17.8 Å². The maximum absolute atomic E-state index is 6.03. The highest BCUT2D eigenvalue weighted by atomic mass is 35.5. The molecule has 5 heteroatoms. The number of halogens is 1. The van der Waals surface area contributed by atoms with Crippen molar-refractivity contribution in [3.63, 3.8) is 0 Å². The second-order valence-electron chi connectivity index (χ2n) is 4.58. The van der Waals surface area contributed by atoms with E-state index in [1.807, 2.05) is 0 Å². The van der Waals surface area contributed by atoms with Gasteiger partial charge < -0.3 is 9.82 Å². The molecule has 1 aromatic rings. The van der Waals surface area contributed by atoms with Gasteiger partial charge in [-0.2, -0.15) is 5.48 Å². The summed E-state index contributed by atoms with van der Waals surface area (Å²) < 4.78 is 0. The predicted molar refractivity (Wildman–Crippen MR) is 69.8 cm³/mol. The minimum atomic E-state index is 0.514. The number of H-pyrrole nitrogens is 1. The molecule has 4 nitrogen and oxygen atoms in total. The topological polar surface area (TPSA) is 49.9 Å². The molecule has 0 aromatic carbocycles. The van der Waals surface area contributed by atoms with Gasteiger partial charge in [-0.1, -0.05) is 38.8 Å². The van der Waals surface area contributed by atoms with Crippen LogP contribution in [0.25, 0.3) is 0 Å². The molecule has 0 unspecified atom stereocenters. The molecule has 0 aliphatic rings. The summed E-state index contributed by atoms with van der Waals surface area (Å²) in [5.74, 6) is 1.47. The largest absolute Gasteiger partial charge is 0.343 e. The Kier molecular flexibility index (Phi) is 6.55. The SMILES string of the molecule is CCCCc1nc(Cl)c(CNOCC(C)C)[nH]1. The maximum Gasteiger partial charge on any atom is 0.151 e. The molecule has 0 atom stereocenters. The monoisotopic (exact) mass is 259 g/mol. The lowest BCUT2D eigenvalue weighted by Crippen LogP contribution is -2.17. The highest BCUT2D eigenvalue weighted by Gasteiger charge is 2.07. The molecule has 0 saturated heterocycles. The minimum absolute atomic E-state index is 0.514. The Morgan fingerprint density at radius 2 is 2.24 bits per heavy atom. The van der Waals surface area contributed by atoms with E-state index < -0.39 is 0 Å². The zero-order chi connectivity index (χ0) is 12.7. The number of rotatable bonds is 8. The van der Waals surface area contributed by atoms with Crippen LogP contribution in [0, 0.1) is 5.92 Å². The van der Waals surface area contributed by atoms with Crippen molar-refractivity contribution in [2.24, 2.45) is 5.92 Å². The molecular formula is C12H22ClN3O. The third kappa shape index (κ3) is 5.52. The van der Waals surface area contributed by atoms with Gasteiger partial charge >= 0.3 is 0 Å². The van der Waals surface area contributed by atoms with Crippen LogP contribution in [0.2, 0.25) is 5.15 Å². The van der Waals surface area contributed by atoms with Gasteiger partial charge in [0.05, 0.1) is 18.8 Å². The third-order valence-electron chi connectivity index (χ3n) is 2.31. The van der Waals surface area contributed by atoms with Crippen LogP contribution in [-0.4, -0.2) is 16.6 Å². The first-order valence-electron chi connectivity index (χ1n) is 6.21. The first-order chi connectivity index (χ1) is 8.13. The fraction of sp³-hybridized carbons (Fsp3) is 0.750. The van der Waals surface area contributed by atoms with Crippen molar-refractivity contribution in [1.29, 1.82) is 0 Å². The quantitative estimate of drug-likeness (QED) is 0.557. The van der Waals surface area contributed by atoms with Gasteiger partial charge in [0.25, 0.3) is 0 Å². The second kappa shape index (κ2) is 7.69. The molecule has 0 fully saturated rings. The van der Waals surface area contributed by atoms with Gasteiger partial charge in [-0.25, -0.2) is 4.98 Å². The third-order valence-corrected chi connectivity index (χ3v) is 2.62. The van der Waals surface area contributed by atoms with Gasteiger partial charge in [-0.05, 0) is 12.3 Å². The first-order valence-corrected chi connectivity index (χ1v) is 6.59. The van der Waals surface area contributed by atoms with Crippen LogP contribution in [0.1, 0.15) is 45.1 Å². The average Bonchev–Trinajstić information content (AvgIpc) is 2.62. The highest BCUT2D eigenvalue weighted by Crippen LogP contribution is 2.13. The van der Waals surface area contributed by atoms with E-state index in [-0.39, 0.29) is 0 Å². The zero-order valence-corrected chi connectivity index (χ0v) is 11.6. The molecule has 0 aliphatic heterocycles. The molecule has 1 rings (SSSR count). The molecule has 0 bridgehead atoms. The van der Waals surface area contributed by atoms with Crippen molar-refractivity contribution in [3.05, 3.63) is 16.7 Å². The van der Waals surface area contributed by atoms with Gasteiger partial charge in [0, 0.05) is 6.42 Å². The minimum Gasteiger partial charge on any atom is -0.343 e. The summed E-state index contributed by atoms with van der Waals surface area (Å²) in [6, 6.07) is 0. The van der Waals surface area contributed by atoms with Crippen LogP contribution in [0.15, 0.2) is 0 Å². The molecule has 0 amide bonds. The second-order valence-corrected chi connectivity index (χ2v) is 4.94.